The van der Waals surface area contributed by atoms with E-state index in [1.807, 2.05) is 34.5 Å². The second-order valence-electron chi connectivity index (χ2n) is 6.88. The van der Waals surface area contributed by atoms with E-state index >= 15 is 0 Å². The fourth-order valence-electron chi connectivity index (χ4n) is 3.45. The van der Waals surface area contributed by atoms with Gasteiger partial charge in [0, 0.05) is 29.6 Å². The molecule has 8 heteroatoms. The molecule has 7 nitrogen and oxygen atoms in total. The van der Waals surface area contributed by atoms with Gasteiger partial charge in [-0.3, -0.25) is 14.7 Å². The van der Waals surface area contributed by atoms with Crippen molar-refractivity contribution in [2.75, 3.05) is 13.1 Å². The highest BCUT2D eigenvalue weighted by atomic mass is 32.1. The first kappa shape index (κ1) is 18.5. The molecule has 3 aromatic heterocycles. The fraction of sp³-hybridized carbons (Fsp3) is 0.350. The number of nitrogens with zero attached hydrogens (tertiary/aromatic N) is 2. The molecule has 1 saturated heterocycles. The van der Waals surface area contributed by atoms with Gasteiger partial charge in [-0.15, -0.1) is 11.3 Å². The molecule has 4 heterocycles. The van der Waals surface area contributed by atoms with Gasteiger partial charge in [0.05, 0.1) is 19.2 Å². The Hall–Kier alpha value is -2.87. The molecular weight excluding hydrogens is 376 g/mol. The van der Waals surface area contributed by atoms with Crippen molar-refractivity contribution in [1.29, 1.82) is 0 Å². The summed E-state index contributed by atoms with van der Waals surface area (Å²) in [4.78, 5) is 27.7. The van der Waals surface area contributed by atoms with E-state index in [9.17, 15) is 9.59 Å². The van der Waals surface area contributed by atoms with Crippen LogP contribution in [0.25, 0.3) is 0 Å². The van der Waals surface area contributed by atoms with E-state index in [1.165, 1.54) is 0 Å². The largest absolute Gasteiger partial charge is 0.467 e. The van der Waals surface area contributed by atoms with Crippen LogP contribution >= 0.6 is 11.3 Å². The molecular formula is C20H22N4O3S. The van der Waals surface area contributed by atoms with Gasteiger partial charge in [0.2, 0.25) is 5.91 Å². The minimum Gasteiger partial charge on any atom is -0.467 e. The van der Waals surface area contributed by atoms with Crippen LogP contribution in [0.4, 0.5) is 0 Å². The van der Waals surface area contributed by atoms with Crippen LogP contribution in [0.1, 0.15) is 45.6 Å². The van der Waals surface area contributed by atoms with Gasteiger partial charge in [-0.2, -0.15) is 5.10 Å². The van der Waals surface area contributed by atoms with E-state index in [1.54, 1.807) is 23.7 Å². The number of likely N-dealkylation sites (tertiary alicyclic amines) is 1. The highest BCUT2D eigenvalue weighted by Gasteiger charge is 2.26. The molecule has 146 valence electrons. The molecule has 1 fully saturated rings. The molecule has 0 atom stereocenters. The molecule has 0 bridgehead atoms. The molecule has 28 heavy (non-hydrogen) atoms. The third-order valence-electron chi connectivity index (χ3n) is 5.03. The molecule has 0 radical (unpaired) electrons. The zero-order valence-corrected chi connectivity index (χ0v) is 16.2. The Morgan fingerprint density at radius 3 is 2.86 bits per heavy atom. The van der Waals surface area contributed by atoms with Crippen LogP contribution in [0.3, 0.4) is 0 Å². The number of hydrogen-bond acceptors (Lipinski definition) is 5. The van der Waals surface area contributed by atoms with Gasteiger partial charge in [0.1, 0.15) is 11.5 Å². The molecule has 3 aromatic rings. The number of H-pyrrole nitrogens is 1. The van der Waals surface area contributed by atoms with Gasteiger partial charge in [-0.05, 0) is 42.5 Å². The van der Waals surface area contributed by atoms with E-state index < -0.39 is 0 Å². The molecule has 0 aromatic carbocycles. The van der Waals surface area contributed by atoms with Crippen molar-refractivity contribution in [3.8, 4) is 0 Å². The lowest BCUT2D eigenvalue weighted by Gasteiger charge is -2.31. The van der Waals surface area contributed by atoms with Crippen molar-refractivity contribution in [3.63, 3.8) is 0 Å². The molecule has 2 N–H and O–H groups in total. The van der Waals surface area contributed by atoms with Gasteiger partial charge < -0.3 is 14.6 Å². The highest BCUT2D eigenvalue weighted by Crippen LogP contribution is 2.27. The molecule has 1 aliphatic heterocycles. The second kappa shape index (κ2) is 8.43. The van der Waals surface area contributed by atoms with Crippen LogP contribution in [0.15, 0.2) is 46.4 Å². The van der Waals surface area contributed by atoms with E-state index in [0.717, 1.165) is 36.5 Å². The maximum Gasteiger partial charge on any atom is 0.272 e. The monoisotopic (exact) mass is 398 g/mol. The highest BCUT2D eigenvalue weighted by molar-refractivity contribution is 7.10. The summed E-state index contributed by atoms with van der Waals surface area (Å²) in [5, 5.41) is 11.9. The lowest BCUT2D eigenvalue weighted by atomic mass is 9.93. The van der Waals surface area contributed by atoms with Crippen LogP contribution in [-0.2, 0) is 17.8 Å². The maximum absolute atomic E-state index is 12.4. The smallest absolute Gasteiger partial charge is 0.272 e. The number of piperidine rings is 1. The zero-order valence-electron chi connectivity index (χ0n) is 15.4. The van der Waals surface area contributed by atoms with Gasteiger partial charge in [-0.25, -0.2) is 0 Å². The van der Waals surface area contributed by atoms with E-state index in [4.69, 9.17) is 4.42 Å². The van der Waals surface area contributed by atoms with Crippen molar-refractivity contribution in [2.45, 2.75) is 31.7 Å². The van der Waals surface area contributed by atoms with Crippen LogP contribution in [0.5, 0.6) is 0 Å². The quantitative estimate of drug-likeness (QED) is 0.668. The second-order valence-corrected chi connectivity index (χ2v) is 7.91. The van der Waals surface area contributed by atoms with Crippen LogP contribution in [0, 0.1) is 0 Å². The van der Waals surface area contributed by atoms with Crippen LogP contribution in [0.2, 0.25) is 0 Å². The van der Waals surface area contributed by atoms with Crippen molar-refractivity contribution in [1.82, 2.24) is 20.4 Å². The number of amides is 2. The van der Waals surface area contributed by atoms with Gasteiger partial charge >= 0.3 is 0 Å². The zero-order chi connectivity index (χ0) is 19.3. The Labute approximate surface area is 166 Å². The van der Waals surface area contributed by atoms with Crippen molar-refractivity contribution >= 4 is 23.2 Å². The van der Waals surface area contributed by atoms with E-state index in [2.05, 4.69) is 15.5 Å². The van der Waals surface area contributed by atoms with Crippen molar-refractivity contribution < 1.29 is 14.0 Å². The lowest BCUT2D eigenvalue weighted by molar-refractivity contribution is -0.131. The van der Waals surface area contributed by atoms with Crippen LogP contribution < -0.4 is 5.32 Å². The number of carbonyl (C=O) groups excluding carboxylic acids is 2. The van der Waals surface area contributed by atoms with Gasteiger partial charge in [0.25, 0.3) is 5.91 Å². The Morgan fingerprint density at radius 1 is 1.29 bits per heavy atom. The van der Waals surface area contributed by atoms with Gasteiger partial charge in [0.15, 0.2) is 0 Å². The van der Waals surface area contributed by atoms with Crippen molar-refractivity contribution in [3.05, 3.63) is 64.0 Å². The molecule has 0 saturated carbocycles. The number of aromatic nitrogens is 2. The minimum absolute atomic E-state index is 0.184. The Kier molecular flexibility index (Phi) is 5.57. The number of carbonyl (C=O) groups is 2. The van der Waals surface area contributed by atoms with Gasteiger partial charge in [-0.1, -0.05) is 6.07 Å². The number of aromatic amines is 1. The number of thiophene rings is 1. The fourth-order valence-corrected chi connectivity index (χ4v) is 4.14. The summed E-state index contributed by atoms with van der Waals surface area (Å²) in [7, 11) is 0. The third-order valence-corrected chi connectivity index (χ3v) is 5.90. The summed E-state index contributed by atoms with van der Waals surface area (Å²) in [6, 6.07) is 9.37. The first-order valence-corrected chi connectivity index (χ1v) is 10.2. The first-order chi connectivity index (χ1) is 13.7. The summed E-state index contributed by atoms with van der Waals surface area (Å²) >= 11 is 1.62. The maximum atomic E-state index is 12.4. The number of hydrogen-bond donors (Lipinski definition) is 2. The molecule has 1 aliphatic rings. The Bertz CT molecular complexity index is 909. The van der Waals surface area contributed by atoms with E-state index in [-0.39, 0.29) is 17.7 Å². The standard InChI is InChI=1S/C20H22N4O3S/c25-19(11-16-4-2-10-28-16)24-7-5-14(6-8-24)17-12-18(23-22-17)20(26)21-13-15-3-1-9-27-15/h1-4,9-10,12,14H,5-8,11,13H2,(H,21,26)(H,22,23). The minimum atomic E-state index is -0.234. The molecule has 0 aliphatic carbocycles. The average Bonchev–Trinajstić information content (AvgIpc) is 3.48. The summed E-state index contributed by atoms with van der Waals surface area (Å²) in [5.41, 5.74) is 1.33. The average molecular weight is 398 g/mol. The first-order valence-electron chi connectivity index (χ1n) is 9.35. The summed E-state index contributed by atoms with van der Waals surface area (Å²) < 4.78 is 5.21. The normalized spacial score (nSPS) is 14.9. The topological polar surface area (TPSA) is 91.2 Å². The number of nitrogens with one attached hydrogen (secondary N) is 2. The molecule has 4 rings (SSSR count). The predicted octanol–water partition coefficient (Wildman–Crippen LogP) is 2.94. The van der Waals surface area contributed by atoms with Crippen molar-refractivity contribution in [2.24, 2.45) is 0 Å². The number of rotatable bonds is 6. The van der Waals surface area contributed by atoms with E-state index in [0.29, 0.717) is 24.4 Å². The summed E-state index contributed by atoms with van der Waals surface area (Å²) in [6.45, 7) is 1.79. The van der Waals surface area contributed by atoms with Crippen LogP contribution in [-0.4, -0.2) is 40.0 Å². The molecule has 0 unspecified atom stereocenters. The molecule has 0 spiro atoms. The third kappa shape index (κ3) is 4.33. The molecule has 2 amide bonds. The number of furan rings is 1. The summed E-state index contributed by atoms with van der Waals surface area (Å²) in [6.07, 6.45) is 3.79. The predicted molar refractivity (Wildman–Crippen MR) is 105 cm³/mol. The lowest BCUT2D eigenvalue weighted by Crippen LogP contribution is -2.38. The summed E-state index contributed by atoms with van der Waals surface area (Å²) in [5.74, 6) is 0.930. The Balaban J connectivity index is 1.28. The SMILES string of the molecule is O=C(NCc1ccco1)c1cc(C2CCN(C(=O)Cc3cccs3)CC2)[nH]n1. The Morgan fingerprint density at radius 2 is 2.14 bits per heavy atom.